The van der Waals surface area contributed by atoms with Crippen molar-refractivity contribution in [3.8, 4) is 0 Å². The van der Waals surface area contributed by atoms with Gasteiger partial charge in [-0.1, -0.05) is 33.8 Å². The molecule has 0 aromatic heterocycles. The van der Waals surface area contributed by atoms with Crippen molar-refractivity contribution in [1.82, 2.24) is 31.1 Å². The molecule has 58 heavy (non-hydrogen) atoms. The summed E-state index contributed by atoms with van der Waals surface area (Å²) in [6.07, 6.45) is 18.4. The number of likely N-dealkylation sites (N-methyl/N-ethyl adjacent to an activating group) is 2. The van der Waals surface area contributed by atoms with E-state index < -0.39 is 5.54 Å². The summed E-state index contributed by atoms with van der Waals surface area (Å²) in [5.41, 5.74) is -0.619. The molecule has 14 atom stereocenters. The van der Waals surface area contributed by atoms with Crippen molar-refractivity contribution in [2.24, 2.45) is 57.2 Å². The Morgan fingerprint density at radius 1 is 0.638 bits per heavy atom. The average molecular weight is 801 g/mol. The van der Waals surface area contributed by atoms with Gasteiger partial charge in [-0.15, -0.1) is 0 Å². The minimum atomic E-state index is -0.617. The molecular formula is C48H76N6O4. The zero-order valence-corrected chi connectivity index (χ0v) is 37.9. The second-order valence-corrected chi connectivity index (χ2v) is 23.6. The van der Waals surface area contributed by atoms with E-state index in [0.717, 1.165) is 77.0 Å². The van der Waals surface area contributed by atoms with Gasteiger partial charge >= 0.3 is 12.1 Å². The molecule has 8 rings (SSSR count). The maximum absolute atomic E-state index is 14.4. The van der Waals surface area contributed by atoms with Gasteiger partial charge in [0.2, 0.25) is 11.8 Å². The van der Waals surface area contributed by atoms with Crippen molar-refractivity contribution in [1.29, 1.82) is 0 Å². The molecule has 6 aliphatic carbocycles. The smallest absolute Gasteiger partial charge is 0.315 e. The van der Waals surface area contributed by atoms with Crippen LogP contribution in [0.1, 0.15) is 146 Å². The molecular weight excluding hydrogens is 725 g/mol. The third-order valence-electron chi connectivity index (χ3n) is 18.8. The molecule has 8 aliphatic rings. The van der Waals surface area contributed by atoms with E-state index in [2.05, 4.69) is 64.8 Å². The highest BCUT2D eigenvalue weighted by Crippen LogP contribution is 2.72. The standard InChI is InChI=1S/C48H76N6O4/c1-42(2,3)51-40(57)49-35-17-15-31-29-19-26-48(46(9,25-22-38(55)54(48)12)32(29)20-23-44(31,35)7)34-27-39(56)53(11)37-18-13-28-30-14-16-36(50-41(58)52-43(4,5)6)45(30,8)24-21-33(28)47(34,37)10/h22,25,27-33,35-37H,13-21,23-24,26H2,1-12H3,(H2,49,51,57)(H2,50,52,58)/t28-,29-,30-,31-,32+,33+,35?,36?,37?,44-,45-,46+,47-,48?/m0/s1. The fourth-order valence-corrected chi connectivity index (χ4v) is 16.3. The Morgan fingerprint density at radius 3 is 1.69 bits per heavy atom. The molecule has 4 unspecified atom stereocenters. The van der Waals surface area contributed by atoms with Gasteiger partial charge in [-0.2, -0.15) is 0 Å². The third kappa shape index (κ3) is 5.95. The second-order valence-electron chi connectivity index (χ2n) is 23.6. The highest BCUT2D eigenvalue weighted by molar-refractivity contribution is 5.93. The van der Waals surface area contributed by atoms with Gasteiger partial charge in [0.15, 0.2) is 0 Å². The summed E-state index contributed by atoms with van der Waals surface area (Å²) in [5, 5.41) is 13.1. The van der Waals surface area contributed by atoms with Crippen molar-refractivity contribution >= 4 is 23.9 Å². The van der Waals surface area contributed by atoms with Crippen LogP contribution in [-0.2, 0) is 9.59 Å². The Morgan fingerprint density at radius 2 is 1.16 bits per heavy atom. The van der Waals surface area contributed by atoms with E-state index >= 15 is 0 Å². The highest BCUT2D eigenvalue weighted by Gasteiger charge is 2.72. The van der Waals surface area contributed by atoms with Gasteiger partial charge in [-0.3, -0.25) is 9.59 Å². The lowest BCUT2D eigenvalue weighted by atomic mass is 9.38. The largest absolute Gasteiger partial charge is 0.338 e. The van der Waals surface area contributed by atoms with Crippen LogP contribution in [0.5, 0.6) is 0 Å². The van der Waals surface area contributed by atoms with Crippen molar-refractivity contribution in [3.05, 3.63) is 23.8 Å². The number of urea groups is 2. The van der Waals surface area contributed by atoms with E-state index in [1.807, 2.05) is 67.8 Å². The number of nitrogens with zero attached hydrogens (tertiary/aromatic N) is 2. The van der Waals surface area contributed by atoms with Gasteiger partial charge in [0.05, 0.1) is 5.54 Å². The lowest BCUT2D eigenvalue weighted by Gasteiger charge is -2.71. The molecule has 0 aromatic carbocycles. The number of carbonyl (C=O) groups is 4. The molecule has 322 valence electrons. The van der Waals surface area contributed by atoms with Crippen molar-refractivity contribution in [3.63, 3.8) is 0 Å². The Labute approximate surface area is 349 Å². The van der Waals surface area contributed by atoms with Crippen molar-refractivity contribution < 1.29 is 19.2 Å². The monoisotopic (exact) mass is 801 g/mol. The van der Waals surface area contributed by atoms with E-state index in [0.29, 0.717) is 35.5 Å². The van der Waals surface area contributed by atoms with Crippen LogP contribution >= 0.6 is 0 Å². The lowest BCUT2D eigenvalue weighted by molar-refractivity contribution is -0.165. The van der Waals surface area contributed by atoms with Gasteiger partial charge in [0.25, 0.3) is 0 Å². The van der Waals surface area contributed by atoms with E-state index in [-0.39, 0.29) is 74.7 Å². The van der Waals surface area contributed by atoms with Gasteiger partial charge in [0.1, 0.15) is 0 Å². The zero-order chi connectivity index (χ0) is 42.2. The maximum atomic E-state index is 14.4. The van der Waals surface area contributed by atoms with Gasteiger partial charge < -0.3 is 31.1 Å². The Bertz CT molecular complexity index is 1800. The van der Waals surface area contributed by atoms with Crippen LogP contribution in [0, 0.1) is 57.2 Å². The number of carbonyl (C=O) groups excluding carboxylic acids is 4. The number of nitrogens with one attached hydrogen (secondary N) is 4. The SMILES string of the molecule is CN1C(=O)C=C(C23CC[C@@H]4[C@@H](CC[C@]5(C)C(NC(=O)NC(C)(C)C)CC[C@@H]45)[C@@]2(C)C=CC(=O)N3C)[C@@]2(C)C1CC[C@@H]1[C@H]2CC[C@]2(C)C(NC(=O)NC(C)(C)C)CC[C@@H]12. The minimum Gasteiger partial charge on any atom is -0.338 e. The van der Waals surface area contributed by atoms with Crippen LogP contribution in [0.2, 0.25) is 0 Å². The molecule has 0 aromatic rings. The molecule has 10 nitrogen and oxygen atoms in total. The van der Waals surface area contributed by atoms with E-state index in [1.54, 1.807) is 0 Å². The van der Waals surface area contributed by atoms with Crippen LogP contribution in [0.3, 0.4) is 0 Å². The number of rotatable bonds is 3. The summed E-state index contributed by atoms with van der Waals surface area (Å²) >= 11 is 0. The first-order chi connectivity index (χ1) is 26.9. The maximum Gasteiger partial charge on any atom is 0.315 e. The molecule has 6 saturated carbocycles. The summed E-state index contributed by atoms with van der Waals surface area (Å²) < 4.78 is 0. The van der Waals surface area contributed by atoms with Crippen molar-refractivity contribution in [2.45, 2.75) is 181 Å². The van der Waals surface area contributed by atoms with E-state index in [9.17, 15) is 19.2 Å². The van der Waals surface area contributed by atoms with Crippen LogP contribution in [0.25, 0.3) is 0 Å². The molecule has 6 amide bonds. The molecule has 0 saturated heterocycles. The summed E-state index contributed by atoms with van der Waals surface area (Å²) in [5.74, 6) is 2.77. The molecule has 0 spiro atoms. The second kappa shape index (κ2) is 13.5. The number of hydrogen-bond donors (Lipinski definition) is 4. The van der Waals surface area contributed by atoms with Gasteiger partial charge in [0, 0.05) is 60.2 Å². The van der Waals surface area contributed by atoms with E-state index in [4.69, 9.17) is 0 Å². The summed E-state index contributed by atoms with van der Waals surface area (Å²) in [6.45, 7) is 22.0. The summed E-state index contributed by atoms with van der Waals surface area (Å²) in [7, 11) is 4.06. The fraction of sp³-hybridized carbons (Fsp3) is 0.833. The molecule has 4 N–H and O–H groups in total. The average Bonchev–Trinajstić information content (AvgIpc) is 3.62. The van der Waals surface area contributed by atoms with Crippen LogP contribution < -0.4 is 21.3 Å². The summed E-state index contributed by atoms with van der Waals surface area (Å²) in [4.78, 5) is 59.1. The fourth-order valence-electron chi connectivity index (χ4n) is 16.3. The first-order valence-electron chi connectivity index (χ1n) is 23.0. The first-order valence-corrected chi connectivity index (χ1v) is 23.0. The lowest BCUT2D eigenvalue weighted by Crippen LogP contribution is -2.73. The number of amides is 6. The van der Waals surface area contributed by atoms with Crippen LogP contribution in [0.15, 0.2) is 23.8 Å². The zero-order valence-electron chi connectivity index (χ0n) is 37.9. The highest BCUT2D eigenvalue weighted by atomic mass is 16.2. The van der Waals surface area contributed by atoms with Crippen LogP contribution in [-0.4, -0.2) is 82.5 Å². The van der Waals surface area contributed by atoms with E-state index in [1.165, 1.54) is 5.57 Å². The molecule has 10 heteroatoms. The van der Waals surface area contributed by atoms with Gasteiger partial charge in [-0.25, -0.2) is 9.59 Å². The molecule has 2 aliphatic heterocycles. The topological polar surface area (TPSA) is 123 Å². The first kappa shape index (κ1) is 41.7. The predicted molar refractivity (Wildman–Crippen MR) is 228 cm³/mol. The number of hydrogen-bond acceptors (Lipinski definition) is 4. The molecule has 0 bridgehead atoms. The van der Waals surface area contributed by atoms with Gasteiger partial charge in [-0.05, 0) is 177 Å². The quantitative estimate of drug-likeness (QED) is 0.232. The minimum absolute atomic E-state index is 0.0134. The van der Waals surface area contributed by atoms with Crippen LogP contribution in [0.4, 0.5) is 9.59 Å². The van der Waals surface area contributed by atoms with Crippen molar-refractivity contribution in [2.75, 3.05) is 14.1 Å². The third-order valence-corrected chi connectivity index (χ3v) is 18.8. The number of fused-ring (bicyclic) bond motifs is 10. The molecule has 6 fully saturated rings. The Hall–Kier alpha value is -3.04. The predicted octanol–water partition coefficient (Wildman–Crippen LogP) is 7.94. The molecule has 0 radical (unpaired) electrons. The Balaban J connectivity index is 1.14. The Kier molecular flexibility index (Phi) is 9.69. The molecule has 2 heterocycles. The normalized spacial score (nSPS) is 45.8. The summed E-state index contributed by atoms with van der Waals surface area (Å²) in [6, 6.07) is 0.198.